The predicted octanol–water partition coefficient (Wildman–Crippen LogP) is 2.61. The molecule has 1 aliphatic heterocycles. The Bertz CT molecular complexity index is 385. The second kappa shape index (κ2) is 4.87. The maximum atomic E-state index is 12.2. The summed E-state index contributed by atoms with van der Waals surface area (Å²) in [7, 11) is 0. The van der Waals surface area contributed by atoms with Gasteiger partial charge in [0.1, 0.15) is 0 Å². The first-order chi connectivity index (χ1) is 8.43. The first-order valence-corrected chi connectivity index (χ1v) is 6.96. The van der Waals surface area contributed by atoms with Crippen LogP contribution in [0.4, 0.5) is 0 Å². The molecule has 100 valence electrons. The fourth-order valence-electron chi connectivity index (χ4n) is 3.03. The van der Waals surface area contributed by atoms with Gasteiger partial charge in [-0.05, 0) is 24.2 Å². The molecule has 0 aromatic rings. The molecule has 0 bridgehead atoms. The van der Waals surface area contributed by atoms with Crippen molar-refractivity contribution in [1.82, 2.24) is 5.32 Å². The largest absolute Gasteiger partial charge is 0.388 e. The van der Waals surface area contributed by atoms with E-state index in [9.17, 15) is 9.59 Å². The zero-order chi connectivity index (χ0) is 13.3. The van der Waals surface area contributed by atoms with Gasteiger partial charge in [-0.2, -0.15) is 0 Å². The van der Waals surface area contributed by atoms with Crippen LogP contribution < -0.4 is 5.32 Å². The van der Waals surface area contributed by atoms with Crippen LogP contribution in [0.2, 0.25) is 0 Å². The molecule has 2 aliphatic rings. The van der Waals surface area contributed by atoms with E-state index in [1.165, 1.54) is 0 Å². The van der Waals surface area contributed by atoms with Crippen molar-refractivity contribution in [3.63, 3.8) is 0 Å². The van der Waals surface area contributed by atoms with Crippen LogP contribution in [0.3, 0.4) is 0 Å². The summed E-state index contributed by atoms with van der Waals surface area (Å²) in [6.07, 6.45) is 4.11. The van der Waals surface area contributed by atoms with Crippen molar-refractivity contribution in [2.45, 2.75) is 52.9 Å². The third kappa shape index (κ3) is 2.65. The van der Waals surface area contributed by atoms with E-state index in [1.54, 1.807) is 0 Å². The normalized spacial score (nSPS) is 28.3. The molecule has 18 heavy (non-hydrogen) atoms. The highest BCUT2D eigenvalue weighted by Crippen LogP contribution is 2.36. The number of nitrogens with one attached hydrogen (secondary N) is 1. The molecule has 2 rings (SSSR count). The van der Waals surface area contributed by atoms with Gasteiger partial charge in [-0.25, -0.2) is 0 Å². The van der Waals surface area contributed by atoms with Crippen molar-refractivity contribution in [2.24, 2.45) is 11.3 Å². The van der Waals surface area contributed by atoms with Gasteiger partial charge in [-0.15, -0.1) is 0 Å². The van der Waals surface area contributed by atoms with Gasteiger partial charge in [-0.3, -0.25) is 9.59 Å². The summed E-state index contributed by atoms with van der Waals surface area (Å²) in [6, 6.07) is 0. The van der Waals surface area contributed by atoms with Crippen LogP contribution in [0.5, 0.6) is 0 Å². The third-order valence-corrected chi connectivity index (χ3v) is 4.10. The Balaban J connectivity index is 2.26. The Morgan fingerprint density at radius 1 is 1.22 bits per heavy atom. The van der Waals surface area contributed by atoms with E-state index in [0.717, 1.165) is 31.5 Å². The molecular formula is C15H23NO2. The average molecular weight is 249 g/mol. The number of hydrogen-bond donors (Lipinski definition) is 1. The molecular weight excluding hydrogens is 226 g/mol. The van der Waals surface area contributed by atoms with Gasteiger partial charge in [0, 0.05) is 25.1 Å². The second-order valence-corrected chi connectivity index (χ2v) is 6.41. The molecule has 0 spiro atoms. The van der Waals surface area contributed by atoms with Crippen molar-refractivity contribution in [3.8, 4) is 0 Å². The number of piperidine rings is 1. The SMILES string of the molecule is CCC1CCNC(=C2C(=O)CC(C)(C)CC2=O)C1. The van der Waals surface area contributed by atoms with Crippen molar-refractivity contribution >= 4 is 11.6 Å². The smallest absolute Gasteiger partial charge is 0.168 e. The predicted molar refractivity (Wildman–Crippen MR) is 71.1 cm³/mol. The minimum absolute atomic E-state index is 0.0375. The van der Waals surface area contributed by atoms with Gasteiger partial charge in [0.25, 0.3) is 0 Å². The average Bonchev–Trinajstić information content (AvgIpc) is 2.26. The lowest BCUT2D eigenvalue weighted by Crippen LogP contribution is -2.36. The van der Waals surface area contributed by atoms with Gasteiger partial charge < -0.3 is 5.32 Å². The zero-order valence-electron chi connectivity index (χ0n) is 11.6. The van der Waals surface area contributed by atoms with Gasteiger partial charge in [0.15, 0.2) is 11.6 Å². The molecule has 1 N–H and O–H groups in total. The minimum atomic E-state index is -0.170. The summed E-state index contributed by atoms with van der Waals surface area (Å²) in [5.74, 6) is 0.690. The number of ketones is 2. The molecule has 3 heteroatoms. The molecule has 1 unspecified atom stereocenters. The molecule has 2 fully saturated rings. The summed E-state index contributed by atoms with van der Waals surface area (Å²) >= 11 is 0. The Morgan fingerprint density at radius 2 is 1.83 bits per heavy atom. The third-order valence-electron chi connectivity index (χ3n) is 4.10. The number of Topliss-reactive ketones (excluding diaryl/α,β-unsaturated/α-hetero) is 2. The monoisotopic (exact) mass is 249 g/mol. The Labute approximate surface area is 109 Å². The summed E-state index contributed by atoms with van der Waals surface area (Å²) in [4.78, 5) is 24.4. The quantitative estimate of drug-likeness (QED) is 0.574. The van der Waals surface area contributed by atoms with Gasteiger partial charge in [0.05, 0.1) is 5.57 Å². The molecule has 1 saturated carbocycles. The van der Waals surface area contributed by atoms with Crippen LogP contribution in [-0.4, -0.2) is 18.1 Å². The van der Waals surface area contributed by atoms with E-state index >= 15 is 0 Å². The fourth-order valence-corrected chi connectivity index (χ4v) is 3.03. The lowest BCUT2D eigenvalue weighted by molar-refractivity contribution is -0.127. The topological polar surface area (TPSA) is 46.2 Å². The number of carbonyl (C=O) groups excluding carboxylic acids is 2. The van der Waals surface area contributed by atoms with Crippen LogP contribution >= 0.6 is 0 Å². The van der Waals surface area contributed by atoms with E-state index in [-0.39, 0.29) is 17.0 Å². The second-order valence-electron chi connectivity index (χ2n) is 6.41. The highest BCUT2D eigenvalue weighted by Gasteiger charge is 2.37. The standard InChI is InChI=1S/C15H23NO2/c1-4-10-5-6-16-11(7-10)14-12(17)8-15(2,3)9-13(14)18/h10,16H,4-9H2,1-3H3. The van der Waals surface area contributed by atoms with Crippen LogP contribution in [-0.2, 0) is 9.59 Å². The molecule has 1 aliphatic carbocycles. The van der Waals surface area contributed by atoms with Crippen LogP contribution in [0, 0.1) is 11.3 Å². The summed E-state index contributed by atoms with van der Waals surface area (Å²) in [5, 5.41) is 3.28. The van der Waals surface area contributed by atoms with E-state index in [2.05, 4.69) is 12.2 Å². The Hall–Kier alpha value is -1.12. The van der Waals surface area contributed by atoms with Gasteiger partial charge in [-0.1, -0.05) is 27.2 Å². The van der Waals surface area contributed by atoms with Gasteiger partial charge >= 0.3 is 0 Å². The maximum absolute atomic E-state index is 12.2. The van der Waals surface area contributed by atoms with Crippen molar-refractivity contribution in [1.29, 1.82) is 0 Å². The number of allylic oxidation sites excluding steroid dienone is 2. The molecule has 1 atom stereocenters. The summed E-state index contributed by atoms with van der Waals surface area (Å²) in [6.45, 7) is 7.05. The van der Waals surface area contributed by atoms with E-state index in [4.69, 9.17) is 0 Å². The Morgan fingerprint density at radius 3 is 2.39 bits per heavy atom. The Kier molecular flexibility index (Phi) is 3.60. The van der Waals surface area contributed by atoms with Crippen LogP contribution in [0.15, 0.2) is 11.3 Å². The summed E-state index contributed by atoms with van der Waals surface area (Å²) < 4.78 is 0. The molecule has 1 saturated heterocycles. The van der Waals surface area contributed by atoms with Crippen LogP contribution in [0.1, 0.15) is 52.9 Å². The first kappa shape index (κ1) is 13.3. The lowest BCUT2D eigenvalue weighted by atomic mass is 9.73. The van der Waals surface area contributed by atoms with Crippen LogP contribution in [0.25, 0.3) is 0 Å². The van der Waals surface area contributed by atoms with E-state index in [1.807, 2.05) is 13.8 Å². The first-order valence-electron chi connectivity index (χ1n) is 6.96. The number of hydrogen-bond acceptors (Lipinski definition) is 3. The zero-order valence-corrected chi connectivity index (χ0v) is 11.6. The summed E-state index contributed by atoms with van der Waals surface area (Å²) in [5.41, 5.74) is 1.22. The van der Waals surface area contributed by atoms with E-state index < -0.39 is 0 Å². The van der Waals surface area contributed by atoms with Crippen molar-refractivity contribution < 1.29 is 9.59 Å². The van der Waals surface area contributed by atoms with Crippen molar-refractivity contribution in [2.75, 3.05) is 6.54 Å². The molecule has 0 aromatic carbocycles. The number of rotatable bonds is 1. The van der Waals surface area contributed by atoms with Crippen molar-refractivity contribution in [3.05, 3.63) is 11.3 Å². The maximum Gasteiger partial charge on any atom is 0.168 e. The molecule has 0 amide bonds. The molecule has 0 aromatic heterocycles. The van der Waals surface area contributed by atoms with E-state index in [0.29, 0.717) is 24.3 Å². The molecule has 0 radical (unpaired) electrons. The number of carbonyl (C=O) groups is 2. The minimum Gasteiger partial charge on any atom is -0.388 e. The molecule has 1 heterocycles. The highest BCUT2D eigenvalue weighted by atomic mass is 16.2. The fraction of sp³-hybridized carbons (Fsp3) is 0.733. The molecule has 3 nitrogen and oxygen atoms in total. The highest BCUT2D eigenvalue weighted by molar-refractivity contribution is 6.22. The van der Waals surface area contributed by atoms with Gasteiger partial charge in [0.2, 0.25) is 0 Å². The lowest BCUT2D eigenvalue weighted by Gasteiger charge is -2.32.